The Morgan fingerprint density at radius 2 is 1.44 bits per heavy atom. The Labute approximate surface area is 376 Å². The van der Waals surface area contributed by atoms with E-state index in [2.05, 4.69) is 184 Å². The molecule has 3 aliphatic rings. The number of aromatic nitrogens is 2. The summed E-state index contributed by atoms with van der Waals surface area (Å²) in [5.74, 6) is 1.58. The zero-order valence-corrected chi connectivity index (χ0v) is 40.0. The third-order valence-electron chi connectivity index (χ3n) is 14.2. The Bertz CT molecular complexity index is 2980. The molecule has 6 heteroatoms. The van der Waals surface area contributed by atoms with Crippen molar-refractivity contribution < 1.29 is 25.8 Å². The first-order chi connectivity index (χ1) is 28.3. The van der Waals surface area contributed by atoms with E-state index in [1.165, 1.54) is 60.8 Å². The van der Waals surface area contributed by atoms with Crippen molar-refractivity contribution in [3.05, 3.63) is 147 Å². The van der Waals surface area contributed by atoms with Crippen LogP contribution in [0.4, 0.5) is 17.1 Å². The number of aryl methyl sites for hydroxylation is 5. The van der Waals surface area contributed by atoms with Crippen LogP contribution in [-0.4, -0.2) is 26.6 Å². The Kier molecular flexibility index (Phi) is 9.50. The number of aliphatic imine (C=N–C) groups is 1. The van der Waals surface area contributed by atoms with E-state index in [0.717, 1.165) is 64.3 Å². The second-order valence-corrected chi connectivity index (χ2v) is 20.1. The molecule has 2 aliphatic heterocycles. The normalized spacial score (nSPS) is 20.3. The molecule has 10 rings (SSSR count). The minimum atomic E-state index is -0.336. The summed E-state index contributed by atoms with van der Waals surface area (Å²) in [4.78, 5) is 12.8. The van der Waals surface area contributed by atoms with Crippen LogP contribution in [0.25, 0.3) is 38.8 Å². The number of rotatable bonds is 4. The smallest absolute Gasteiger partial charge is 0.512 e. The summed E-state index contributed by atoms with van der Waals surface area (Å²) in [7, 11) is 0. The van der Waals surface area contributed by atoms with E-state index >= 15 is 0 Å². The standard InChI is InChI=1S/C55H56N4O.Pt/c1-32-14-16-45-41(24-32)42-30-44-48(31-47(42)59(45)49-29-39(18-21-56-49)52(6,7)8)58(46-17-15-33(2)25-43(46)53(44,9)10)40-27-37(50-35(4)22-34(3)23-36(50)5)26-38(28-40)51-57-54(11)19-13-20-55(54,12)60-51;/h14-18,21-27,29-30H,13,19-20H2,1-12H3;/q-2;+2/t54-,55+;/m1./s1. The predicted molar refractivity (Wildman–Crippen MR) is 249 cm³/mol. The van der Waals surface area contributed by atoms with Crippen LogP contribution in [0.3, 0.4) is 0 Å². The van der Waals surface area contributed by atoms with Gasteiger partial charge in [-0.3, -0.25) is 4.99 Å². The van der Waals surface area contributed by atoms with Gasteiger partial charge in [0.25, 0.3) is 0 Å². The summed E-state index contributed by atoms with van der Waals surface area (Å²) in [6.07, 6.45) is 5.08. The summed E-state index contributed by atoms with van der Waals surface area (Å²) in [5, 5.41) is 2.38. The molecule has 0 spiro atoms. The van der Waals surface area contributed by atoms with Gasteiger partial charge in [0.1, 0.15) is 17.3 Å². The van der Waals surface area contributed by atoms with Gasteiger partial charge >= 0.3 is 21.1 Å². The van der Waals surface area contributed by atoms with E-state index in [1.807, 2.05) is 6.20 Å². The van der Waals surface area contributed by atoms with Crippen molar-refractivity contribution in [2.45, 2.75) is 124 Å². The van der Waals surface area contributed by atoms with Gasteiger partial charge in [-0.2, -0.15) is 6.07 Å². The van der Waals surface area contributed by atoms with Gasteiger partial charge in [0.2, 0.25) is 0 Å². The van der Waals surface area contributed by atoms with Crippen LogP contribution in [0.5, 0.6) is 0 Å². The van der Waals surface area contributed by atoms with Crippen molar-refractivity contribution in [2.75, 3.05) is 4.90 Å². The van der Waals surface area contributed by atoms with Crippen LogP contribution in [-0.2, 0) is 36.6 Å². The van der Waals surface area contributed by atoms with E-state index < -0.39 is 0 Å². The molecule has 1 saturated carbocycles. The molecule has 61 heavy (non-hydrogen) atoms. The zero-order valence-electron chi connectivity index (χ0n) is 37.7. The van der Waals surface area contributed by atoms with Gasteiger partial charge in [0.05, 0.1) is 5.54 Å². The first-order valence-corrected chi connectivity index (χ1v) is 21.7. The molecule has 0 N–H and O–H groups in total. The summed E-state index contributed by atoms with van der Waals surface area (Å²) in [6.45, 7) is 27.0. The van der Waals surface area contributed by atoms with Crippen molar-refractivity contribution in [3.8, 4) is 16.9 Å². The average Bonchev–Trinajstić information content (AvgIpc) is 3.75. The van der Waals surface area contributed by atoms with Gasteiger partial charge in [0.15, 0.2) is 0 Å². The molecular weight excluding hydrogens is 928 g/mol. The van der Waals surface area contributed by atoms with Crippen molar-refractivity contribution in [2.24, 2.45) is 4.99 Å². The number of ether oxygens (including phenoxy) is 1. The largest absolute Gasteiger partial charge is 2.00 e. The molecule has 1 fully saturated rings. The fourth-order valence-corrected chi connectivity index (χ4v) is 10.6. The summed E-state index contributed by atoms with van der Waals surface area (Å²) >= 11 is 0. The summed E-state index contributed by atoms with van der Waals surface area (Å²) in [6, 6.07) is 37.7. The van der Waals surface area contributed by atoms with Crippen molar-refractivity contribution in [1.29, 1.82) is 0 Å². The topological polar surface area (TPSA) is 42.6 Å². The van der Waals surface area contributed by atoms with Crippen LogP contribution in [0.15, 0.2) is 90.1 Å². The minimum Gasteiger partial charge on any atom is -0.512 e. The fraction of sp³-hybridized carbons (Fsp3) is 0.345. The SMILES string of the molecule is Cc1cc(C)c(-c2cc(C3=N[C@]4(C)CCC[C@]4(C)O3)[c-]c(N3c4[c-]c5c(cc4C(C)(C)c4cc(C)ccc43)c3cc(C)ccc3n5-c3cc(C(C)(C)C)ccn3)c2)c(C)c1.[Pt+2]. The minimum absolute atomic E-state index is 0. The van der Waals surface area contributed by atoms with Crippen molar-refractivity contribution in [1.82, 2.24) is 9.55 Å². The maximum Gasteiger partial charge on any atom is 2.00 e. The molecule has 2 aromatic heterocycles. The summed E-state index contributed by atoms with van der Waals surface area (Å²) in [5.41, 5.74) is 17.4. The van der Waals surface area contributed by atoms with E-state index in [1.54, 1.807) is 0 Å². The maximum atomic E-state index is 6.94. The number of benzene rings is 5. The van der Waals surface area contributed by atoms with Crippen LogP contribution in [0, 0.1) is 46.8 Å². The molecule has 0 amide bonds. The molecule has 5 nitrogen and oxygen atoms in total. The molecule has 5 aromatic carbocycles. The van der Waals surface area contributed by atoms with Crippen LogP contribution < -0.4 is 4.90 Å². The Balaban J connectivity index is 0.00000476. The predicted octanol–water partition coefficient (Wildman–Crippen LogP) is 13.9. The molecule has 7 aromatic rings. The fourth-order valence-electron chi connectivity index (χ4n) is 10.6. The number of hydrogen-bond acceptors (Lipinski definition) is 4. The number of pyridine rings is 1. The monoisotopic (exact) mass is 983 g/mol. The quantitative estimate of drug-likeness (QED) is 0.165. The van der Waals surface area contributed by atoms with Gasteiger partial charge in [-0.1, -0.05) is 110 Å². The van der Waals surface area contributed by atoms with Crippen LogP contribution in [0.2, 0.25) is 0 Å². The molecule has 0 radical (unpaired) electrons. The number of anilines is 3. The number of fused-ring (bicyclic) bond motifs is 6. The van der Waals surface area contributed by atoms with E-state index in [0.29, 0.717) is 5.90 Å². The van der Waals surface area contributed by atoms with Gasteiger partial charge in [-0.15, -0.1) is 35.2 Å². The van der Waals surface area contributed by atoms with E-state index in [-0.39, 0.29) is 43.0 Å². The number of nitrogens with zero attached hydrogens (tertiary/aromatic N) is 4. The average molecular weight is 984 g/mol. The van der Waals surface area contributed by atoms with Crippen LogP contribution >= 0.6 is 0 Å². The molecule has 0 unspecified atom stereocenters. The van der Waals surface area contributed by atoms with Gasteiger partial charge in [-0.05, 0) is 142 Å². The van der Waals surface area contributed by atoms with Crippen molar-refractivity contribution >= 4 is 44.8 Å². The molecule has 0 bridgehead atoms. The Morgan fingerprint density at radius 1 is 0.721 bits per heavy atom. The van der Waals surface area contributed by atoms with E-state index in [9.17, 15) is 0 Å². The molecule has 1 aliphatic carbocycles. The second kappa shape index (κ2) is 14.0. The molecular formula is C55H56N4OPt. The van der Waals surface area contributed by atoms with Crippen molar-refractivity contribution in [3.63, 3.8) is 0 Å². The maximum absolute atomic E-state index is 6.94. The second-order valence-electron chi connectivity index (χ2n) is 20.1. The van der Waals surface area contributed by atoms with Gasteiger partial charge in [0, 0.05) is 17.4 Å². The molecule has 312 valence electrons. The van der Waals surface area contributed by atoms with E-state index in [4.69, 9.17) is 14.7 Å². The Morgan fingerprint density at radius 3 is 2.16 bits per heavy atom. The zero-order chi connectivity index (χ0) is 42.3. The third-order valence-corrected chi connectivity index (χ3v) is 14.2. The molecule has 0 saturated heterocycles. The third kappa shape index (κ3) is 6.35. The summed E-state index contributed by atoms with van der Waals surface area (Å²) < 4.78 is 9.26. The van der Waals surface area contributed by atoms with Gasteiger partial charge in [-0.25, -0.2) is 4.98 Å². The number of hydrogen-bond donors (Lipinski definition) is 0. The van der Waals surface area contributed by atoms with Gasteiger partial charge < -0.3 is 14.2 Å². The Hall–Kier alpha value is -4.99. The van der Waals surface area contributed by atoms with Crippen LogP contribution in [0.1, 0.15) is 118 Å². The molecule has 2 atom stereocenters. The molecule has 4 heterocycles. The first kappa shape index (κ1) is 41.4. The first-order valence-electron chi connectivity index (χ1n) is 21.7.